The maximum absolute atomic E-state index is 3.98. The van der Waals surface area contributed by atoms with E-state index in [1.165, 1.54) is 28.2 Å². The van der Waals surface area contributed by atoms with Crippen LogP contribution in [0.4, 0.5) is 0 Å². The van der Waals surface area contributed by atoms with Crippen LogP contribution in [0, 0.1) is 0 Å². The highest BCUT2D eigenvalue weighted by Gasteiger charge is 2.12. The average Bonchev–Trinajstić information content (AvgIpc) is 2.13. The number of allylic oxidation sites excluding steroid dienone is 2. The van der Waals surface area contributed by atoms with Crippen molar-refractivity contribution in [2.24, 2.45) is 0 Å². The van der Waals surface area contributed by atoms with E-state index in [1.807, 2.05) is 11.8 Å². The zero-order valence-corrected chi connectivity index (χ0v) is 6.85. The summed E-state index contributed by atoms with van der Waals surface area (Å²) in [5, 5.41) is 0. The van der Waals surface area contributed by atoms with Crippen molar-refractivity contribution in [1.29, 1.82) is 0 Å². The number of rotatable bonds is 0. The normalized spacial score (nSPS) is 18.9. The van der Waals surface area contributed by atoms with Gasteiger partial charge in [0.2, 0.25) is 0 Å². The molecule has 0 bridgehead atoms. The van der Waals surface area contributed by atoms with E-state index in [-0.39, 0.29) is 0 Å². The molecule has 0 spiro atoms. The smallest absolute Gasteiger partial charge is 0.00849 e. The lowest BCUT2D eigenvalue weighted by Crippen LogP contribution is -1.75. The number of thioether (sulfide) groups is 1. The summed E-state index contributed by atoms with van der Waals surface area (Å²) in [6.07, 6.45) is 1.19. The van der Waals surface area contributed by atoms with E-state index < -0.39 is 0 Å². The van der Waals surface area contributed by atoms with Crippen LogP contribution >= 0.6 is 11.8 Å². The molecule has 0 saturated carbocycles. The highest BCUT2D eigenvalue weighted by Crippen LogP contribution is 2.36. The molecule has 0 nitrogen and oxygen atoms in total. The molecule has 1 aliphatic heterocycles. The van der Waals surface area contributed by atoms with E-state index in [2.05, 4.69) is 20.4 Å². The quantitative estimate of drug-likeness (QED) is 0.498. The van der Waals surface area contributed by atoms with E-state index in [4.69, 9.17) is 0 Å². The lowest BCUT2D eigenvalue weighted by Gasteiger charge is -1.98. The molecular weight excluding hydrogens is 128 g/mol. The minimum atomic E-state index is 1.19. The number of hydrogen-bond donors (Lipinski definition) is 0. The van der Waals surface area contributed by atoms with Crippen LogP contribution in [-0.2, 0) is 0 Å². The molecule has 0 atom stereocenters. The zero-order chi connectivity index (χ0) is 6.85. The van der Waals surface area contributed by atoms with Gasteiger partial charge in [0.05, 0.1) is 0 Å². The van der Waals surface area contributed by atoms with E-state index in [1.54, 1.807) is 0 Å². The minimum Gasteiger partial charge on any atom is -0.126 e. The Hall–Kier alpha value is -0.170. The summed E-state index contributed by atoms with van der Waals surface area (Å²) in [5.74, 6) is 1.24. The molecule has 0 radical (unpaired) electrons. The summed E-state index contributed by atoms with van der Waals surface area (Å²) in [7, 11) is 0. The molecule has 1 heterocycles. The van der Waals surface area contributed by atoms with Gasteiger partial charge in [-0.3, -0.25) is 0 Å². The Morgan fingerprint density at radius 2 is 2.22 bits per heavy atom. The van der Waals surface area contributed by atoms with Crippen LogP contribution in [0.5, 0.6) is 0 Å². The Balaban J connectivity index is 2.83. The summed E-state index contributed by atoms with van der Waals surface area (Å²) in [4.78, 5) is 1.44. The predicted molar refractivity (Wildman–Crippen MR) is 44.6 cm³/mol. The molecule has 1 rings (SSSR count). The van der Waals surface area contributed by atoms with E-state index in [0.29, 0.717) is 0 Å². The van der Waals surface area contributed by atoms with Crippen molar-refractivity contribution in [2.45, 2.75) is 20.3 Å². The third kappa shape index (κ3) is 1.39. The molecule has 0 aromatic heterocycles. The van der Waals surface area contributed by atoms with Gasteiger partial charge in [0, 0.05) is 10.7 Å². The summed E-state index contributed by atoms with van der Waals surface area (Å²) in [6, 6.07) is 0. The maximum atomic E-state index is 3.98. The summed E-state index contributed by atoms with van der Waals surface area (Å²) < 4.78 is 0. The summed E-state index contributed by atoms with van der Waals surface area (Å²) in [6.45, 7) is 8.28. The average molecular weight is 140 g/mol. The molecule has 0 aliphatic carbocycles. The van der Waals surface area contributed by atoms with Crippen molar-refractivity contribution < 1.29 is 0 Å². The van der Waals surface area contributed by atoms with Gasteiger partial charge in [0.25, 0.3) is 0 Å². The van der Waals surface area contributed by atoms with Gasteiger partial charge in [-0.05, 0) is 25.8 Å². The van der Waals surface area contributed by atoms with Crippen LogP contribution in [0.1, 0.15) is 20.3 Å². The molecule has 1 saturated heterocycles. The first-order valence-corrected chi connectivity index (χ1v) is 4.19. The molecule has 9 heavy (non-hydrogen) atoms. The minimum absolute atomic E-state index is 1.19. The first-order chi connectivity index (χ1) is 4.22. The number of hydrogen-bond acceptors (Lipinski definition) is 1. The Morgan fingerprint density at radius 3 is 2.44 bits per heavy atom. The van der Waals surface area contributed by atoms with Crippen LogP contribution in [0.25, 0.3) is 0 Å². The lowest BCUT2D eigenvalue weighted by atomic mass is 10.2. The second-order valence-electron chi connectivity index (χ2n) is 2.53. The topological polar surface area (TPSA) is 0 Å². The molecule has 1 aliphatic rings. The molecule has 0 aromatic carbocycles. The molecule has 0 amide bonds. The molecule has 0 unspecified atom stereocenters. The van der Waals surface area contributed by atoms with Crippen molar-refractivity contribution in [1.82, 2.24) is 0 Å². The van der Waals surface area contributed by atoms with Crippen molar-refractivity contribution in [2.75, 3.05) is 5.75 Å². The Morgan fingerprint density at radius 1 is 1.56 bits per heavy atom. The van der Waals surface area contributed by atoms with Crippen molar-refractivity contribution in [3.05, 3.63) is 22.6 Å². The van der Waals surface area contributed by atoms with Gasteiger partial charge in [0.1, 0.15) is 0 Å². The molecular formula is C8H12S. The van der Waals surface area contributed by atoms with Crippen LogP contribution in [-0.4, -0.2) is 5.75 Å². The van der Waals surface area contributed by atoms with E-state index in [0.717, 1.165) is 0 Å². The largest absolute Gasteiger partial charge is 0.126 e. The van der Waals surface area contributed by atoms with Gasteiger partial charge in [-0.2, -0.15) is 0 Å². The van der Waals surface area contributed by atoms with Crippen LogP contribution in [0.2, 0.25) is 0 Å². The highest BCUT2D eigenvalue weighted by molar-refractivity contribution is 8.03. The van der Waals surface area contributed by atoms with E-state index >= 15 is 0 Å². The second kappa shape index (κ2) is 2.61. The summed E-state index contributed by atoms with van der Waals surface area (Å²) >= 11 is 1.94. The fourth-order valence-electron chi connectivity index (χ4n) is 0.990. The molecule has 0 aromatic rings. The predicted octanol–water partition coefficient (Wildman–Crippen LogP) is 2.97. The van der Waals surface area contributed by atoms with Gasteiger partial charge < -0.3 is 0 Å². The van der Waals surface area contributed by atoms with Crippen molar-refractivity contribution in [3.8, 4) is 0 Å². The van der Waals surface area contributed by atoms with Crippen LogP contribution in [0.3, 0.4) is 0 Å². The fourth-order valence-corrected chi connectivity index (χ4v) is 2.14. The second-order valence-corrected chi connectivity index (χ2v) is 3.64. The Bertz CT molecular complexity index is 161. The van der Waals surface area contributed by atoms with Crippen molar-refractivity contribution >= 4 is 11.8 Å². The van der Waals surface area contributed by atoms with Gasteiger partial charge in [-0.1, -0.05) is 12.2 Å². The standard InChI is InChI=1S/C8H12S/c1-6(2)8-7(3)4-5-9-8/h3-5H2,1-2H3. The SMILES string of the molecule is C=C1CCSC1=C(C)C. The Kier molecular flexibility index (Phi) is 2.01. The third-order valence-electron chi connectivity index (χ3n) is 1.43. The molecule has 1 heteroatoms. The van der Waals surface area contributed by atoms with Gasteiger partial charge in [-0.25, -0.2) is 0 Å². The van der Waals surface area contributed by atoms with Gasteiger partial charge in [0.15, 0.2) is 0 Å². The van der Waals surface area contributed by atoms with Gasteiger partial charge >= 0.3 is 0 Å². The highest BCUT2D eigenvalue weighted by atomic mass is 32.2. The first-order valence-electron chi connectivity index (χ1n) is 3.20. The van der Waals surface area contributed by atoms with E-state index in [9.17, 15) is 0 Å². The third-order valence-corrected chi connectivity index (χ3v) is 2.82. The molecule has 1 fully saturated rings. The van der Waals surface area contributed by atoms with Crippen LogP contribution in [0.15, 0.2) is 22.6 Å². The Labute approximate surface area is 61.0 Å². The lowest BCUT2D eigenvalue weighted by molar-refractivity contribution is 1.19. The first kappa shape index (κ1) is 6.94. The fraction of sp³-hybridized carbons (Fsp3) is 0.500. The monoisotopic (exact) mass is 140 g/mol. The van der Waals surface area contributed by atoms with Gasteiger partial charge in [-0.15, -0.1) is 11.8 Å². The van der Waals surface area contributed by atoms with Crippen molar-refractivity contribution in [3.63, 3.8) is 0 Å². The maximum Gasteiger partial charge on any atom is 0.00849 e. The zero-order valence-electron chi connectivity index (χ0n) is 6.03. The molecule has 0 N–H and O–H groups in total. The molecule has 50 valence electrons. The summed E-state index contributed by atoms with van der Waals surface area (Å²) in [5.41, 5.74) is 2.75. The van der Waals surface area contributed by atoms with Crippen LogP contribution < -0.4 is 0 Å².